The minimum atomic E-state index is -0.132. The van der Waals surface area contributed by atoms with E-state index >= 15 is 0 Å². The van der Waals surface area contributed by atoms with Gasteiger partial charge in [0.25, 0.3) is 0 Å². The van der Waals surface area contributed by atoms with Crippen molar-refractivity contribution in [1.82, 2.24) is 9.80 Å². The van der Waals surface area contributed by atoms with Crippen LogP contribution in [0.3, 0.4) is 0 Å². The SMILES string of the molecule is Cc1cc(CN2CCOCCOCCN(Cc3cc(C)c(O)c(C(C)(C)C)c3)CCOCC2)cc(C(C)(C)C)c1O. The van der Waals surface area contributed by atoms with Gasteiger partial charge in [-0.3, -0.25) is 9.80 Å². The zero-order valence-electron chi connectivity index (χ0n) is 26.8. The molecule has 2 aromatic rings. The number of phenols is 2. The molecule has 2 N–H and O–H groups in total. The zero-order valence-corrected chi connectivity index (χ0v) is 26.8. The summed E-state index contributed by atoms with van der Waals surface area (Å²) in [5.41, 5.74) is 5.90. The van der Waals surface area contributed by atoms with Crippen LogP contribution in [0.15, 0.2) is 24.3 Å². The Kier molecular flexibility index (Phi) is 12.1. The van der Waals surface area contributed by atoms with Crippen molar-refractivity contribution in [3.63, 3.8) is 0 Å². The lowest BCUT2D eigenvalue weighted by Gasteiger charge is -2.26. The van der Waals surface area contributed by atoms with Crippen LogP contribution in [0.4, 0.5) is 0 Å². The molecule has 7 nitrogen and oxygen atoms in total. The highest BCUT2D eigenvalue weighted by Crippen LogP contribution is 2.35. The van der Waals surface area contributed by atoms with Crippen LogP contribution in [0.25, 0.3) is 0 Å². The first-order valence-corrected chi connectivity index (χ1v) is 15.1. The number of hydrogen-bond acceptors (Lipinski definition) is 7. The Morgan fingerprint density at radius 2 is 0.878 bits per heavy atom. The monoisotopic (exact) mass is 570 g/mol. The molecule has 1 saturated heterocycles. The second-order valence-corrected chi connectivity index (χ2v) is 13.5. The van der Waals surface area contributed by atoms with Crippen LogP contribution >= 0.6 is 0 Å². The molecule has 0 bridgehead atoms. The van der Waals surface area contributed by atoms with Crippen LogP contribution in [0, 0.1) is 13.8 Å². The summed E-state index contributed by atoms with van der Waals surface area (Å²) in [7, 11) is 0. The molecule has 0 unspecified atom stereocenters. The molecule has 0 atom stereocenters. The number of hydrogen-bond donors (Lipinski definition) is 2. The third-order valence-electron chi connectivity index (χ3n) is 7.73. The fraction of sp³-hybridized carbons (Fsp3) is 0.647. The summed E-state index contributed by atoms with van der Waals surface area (Å²) in [4.78, 5) is 4.73. The molecule has 0 amide bonds. The Morgan fingerprint density at radius 3 is 1.20 bits per heavy atom. The number of rotatable bonds is 4. The maximum Gasteiger partial charge on any atom is 0.122 e. The predicted molar refractivity (Wildman–Crippen MR) is 166 cm³/mol. The number of benzene rings is 2. The normalized spacial score (nSPS) is 18.1. The highest BCUT2D eigenvalue weighted by molar-refractivity contribution is 5.47. The van der Waals surface area contributed by atoms with Crippen LogP contribution in [0.2, 0.25) is 0 Å². The van der Waals surface area contributed by atoms with Crippen LogP contribution in [-0.2, 0) is 38.1 Å². The van der Waals surface area contributed by atoms with Gasteiger partial charge in [0.2, 0.25) is 0 Å². The number of nitrogens with zero attached hydrogens (tertiary/aromatic N) is 2. The summed E-state index contributed by atoms with van der Waals surface area (Å²) in [6.07, 6.45) is 0. The van der Waals surface area contributed by atoms with Crippen molar-refractivity contribution in [3.05, 3.63) is 57.6 Å². The molecule has 1 heterocycles. The summed E-state index contributed by atoms with van der Waals surface area (Å²) in [6, 6.07) is 8.45. The van der Waals surface area contributed by atoms with E-state index in [9.17, 15) is 10.2 Å². The molecule has 1 aliphatic heterocycles. The Hall–Kier alpha value is -2.16. The number of aryl methyl sites for hydroxylation is 2. The molecule has 41 heavy (non-hydrogen) atoms. The van der Waals surface area contributed by atoms with Crippen LogP contribution in [-0.4, -0.2) is 85.8 Å². The van der Waals surface area contributed by atoms with Gasteiger partial charge in [-0.15, -0.1) is 0 Å². The van der Waals surface area contributed by atoms with Gasteiger partial charge >= 0.3 is 0 Å². The molecule has 0 spiro atoms. The standard InChI is InChI=1S/C34H54N2O5/c1-25-19-27(21-29(31(25)37)33(3,4)5)23-35-9-13-39-14-10-36(12-16-41-18-17-40-15-11-35)24-28-20-26(2)32(38)30(22-28)34(6,7)8/h19-22,37-38H,9-18,23-24H2,1-8H3. The van der Waals surface area contributed by atoms with Crippen LogP contribution in [0.5, 0.6) is 11.5 Å². The van der Waals surface area contributed by atoms with E-state index in [1.807, 2.05) is 13.8 Å². The summed E-state index contributed by atoms with van der Waals surface area (Å²) in [5.74, 6) is 0.790. The Bertz CT molecular complexity index is 1030. The third kappa shape index (κ3) is 10.3. The van der Waals surface area contributed by atoms with Crippen molar-refractivity contribution in [1.29, 1.82) is 0 Å². The van der Waals surface area contributed by atoms with Gasteiger partial charge in [-0.1, -0.05) is 65.8 Å². The molecule has 2 aromatic carbocycles. The second kappa shape index (κ2) is 14.8. The smallest absolute Gasteiger partial charge is 0.122 e. The first-order chi connectivity index (χ1) is 19.3. The Morgan fingerprint density at radius 1 is 0.561 bits per heavy atom. The lowest BCUT2D eigenvalue weighted by atomic mass is 9.84. The quantitative estimate of drug-likeness (QED) is 0.490. The highest BCUT2D eigenvalue weighted by atomic mass is 16.5. The van der Waals surface area contributed by atoms with Gasteiger partial charge in [-0.2, -0.15) is 0 Å². The van der Waals surface area contributed by atoms with Gasteiger partial charge in [0, 0.05) is 39.3 Å². The fourth-order valence-corrected chi connectivity index (χ4v) is 5.29. The maximum absolute atomic E-state index is 10.7. The largest absolute Gasteiger partial charge is 0.507 e. The third-order valence-corrected chi connectivity index (χ3v) is 7.73. The Labute approximate surface area is 248 Å². The summed E-state index contributed by atoms with van der Waals surface area (Å²) >= 11 is 0. The predicted octanol–water partition coefficient (Wildman–Crippen LogP) is 5.68. The summed E-state index contributed by atoms with van der Waals surface area (Å²) < 4.78 is 18.0. The molecular formula is C34H54N2O5. The lowest BCUT2D eigenvalue weighted by Crippen LogP contribution is -2.33. The molecule has 0 aromatic heterocycles. The van der Waals surface area contributed by atoms with E-state index in [0.717, 1.165) is 61.5 Å². The number of phenolic OH excluding ortho intramolecular Hbond substituents is 2. The van der Waals surface area contributed by atoms with Gasteiger partial charge in [0.05, 0.1) is 39.6 Å². The van der Waals surface area contributed by atoms with E-state index < -0.39 is 0 Å². The van der Waals surface area contributed by atoms with Crippen molar-refractivity contribution in [2.75, 3.05) is 65.8 Å². The van der Waals surface area contributed by atoms with Gasteiger partial charge in [-0.25, -0.2) is 0 Å². The van der Waals surface area contributed by atoms with Gasteiger partial charge in [-0.05, 0) is 58.1 Å². The minimum Gasteiger partial charge on any atom is -0.507 e. The van der Waals surface area contributed by atoms with E-state index in [1.54, 1.807) is 0 Å². The zero-order chi connectivity index (χ0) is 30.2. The first-order valence-electron chi connectivity index (χ1n) is 15.1. The van der Waals surface area contributed by atoms with Gasteiger partial charge in [0.1, 0.15) is 11.5 Å². The number of ether oxygens (including phenoxy) is 3. The summed E-state index contributed by atoms with van der Waals surface area (Å²) in [6.45, 7) is 25.2. The van der Waals surface area contributed by atoms with Crippen LogP contribution < -0.4 is 0 Å². The topological polar surface area (TPSA) is 74.6 Å². The average Bonchev–Trinajstić information content (AvgIpc) is 2.87. The van der Waals surface area contributed by atoms with Crippen molar-refractivity contribution in [3.8, 4) is 11.5 Å². The van der Waals surface area contributed by atoms with Gasteiger partial charge in [0.15, 0.2) is 0 Å². The molecular weight excluding hydrogens is 516 g/mol. The molecule has 7 heteroatoms. The summed E-state index contributed by atoms with van der Waals surface area (Å²) in [5, 5.41) is 21.3. The van der Waals surface area contributed by atoms with Crippen LogP contribution in [0.1, 0.15) is 74.9 Å². The second-order valence-electron chi connectivity index (χ2n) is 13.5. The minimum absolute atomic E-state index is 0.132. The molecule has 3 rings (SSSR count). The van der Waals surface area contributed by atoms with Gasteiger partial charge < -0.3 is 24.4 Å². The fourth-order valence-electron chi connectivity index (χ4n) is 5.29. The highest BCUT2D eigenvalue weighted by Gasteiger charge is 2.22. The van der Waals surface area contributed by atoms with E-state index in [2.05, 4.69) is 75.6 Å². The van der Waals surface area contributed by atoms with Crippen molar-refractivity contribution in [2.24, 2.45) is 0 Å². The first kappa shape index (κ1) is 33.3. The van der Waals surface area contributed by atoms with E-state index in [-0.39, 0.29) is 10.8 Å². The van der Waals surface area contributed by atoms with Crippen molar-refractivity contribution >= 4 is 0 Å². The van der Waals surface area contributed by atoms with Crippen molar-refractivity contribution in [2.45, 2.75) is 79.3 Å². The number of aromatic hydroxyl groups is 2. The molecule has 230 valence electrons. The van der Waals surface area contributed by atoms with E-state index in [4.69, 9.17) is 14.2 Å². The maximum atomic E-state index is 10.7. The molecule has 0 saturated carbocycles. The molecule has 1 fully saturated rings. The van der Waals surface area contributed by atoms with Crippen molar-refractivity contribution < 1.29 is 24.4 Å². The molecule has 0 radical (unpaired) electrons. The molecule has 0 aliphatic carbocycles. The Balaban J connectivity index is 1.65. The average molecular weight is 571 g/mol. The van der Waals surface area contributed by atoms with E-state index in [0.29, 0.717) is 51.1 Å². The lowest BCUT2D eigenvalue weighted by molar-refractivity contribution is 0.0311. The molecule has 1 aliphatic rings. The van der Waals surface area contributed by atoms with E-state index in [1.165, 1.54) is 11.1 Å².